The molecule has 0 saturated carbocycles. The Balaban J connectivity index is 0.00000169. The highest BCUT2D eigenvalue weighted by Gasteiger charge is 2.10. The number of nitrogens with zero attached hydrogens (tertiary/aromatic N) is 1. The van der Waals surface area contributed by atoms with Gasteiger partial charge in [-0.3, -0.25) is 0 Å². The Hall–Kier alpha value is -0.530. The second-order valence-electron chi connectivity index (χ2n) is 4.21. The zero-order chi connectivity index (χ0) is 9.73. The van der Waals surface area contributed by atoms with E-state index < -0.39 is 0 Å². The molecule has 1 aromatic rings. The molecular formula is C12H20ClN. The smallest absolute Gasteiger partial charge is 0.0823 e. The second kappa shape index (κ2) is 6.05. The van der Waals surface area contributed by atoms with Gasteiger partial charge >= 0.3 is 0 Å². The van der Waals surface area contributed by atoms with Gasteiger partial charge in [0.05, 0.1) is 27.2 Å². The van der Waals surface area contributed by atoms with E-state index in [-0.39, 0.29) is 12.4 Å². The van der Waals surface area contributed by atoms with Gasteiger partial charge in [0, 0.05) is 6.42 Å². The van der Waals surface area contributed by atoms with Crippen LogP contribution in [-0.4, -0.2) is 31.7 Å². The molecule has 0 atom stereocenters. The molecular weight excluding hydrogens is 194 g/mol. The number of rotatable bonds is 4. The summed E-state index contributed by atoms with van der Waals surface area (Å²) in [7, 11) is 4.56. The number of hydrogen-bond acceptors (Lipinski definition) is 0. The maximum Gasteiger partial charge on any atom is 0.0823 e. The Kier molecular flexibility index (Phi) is 5.82. The van der Waals surface area contributed by atoms with Crippen LogP contribution in [-0.2, 0) is 6.42 Å². The molecule has 0 unspecified atom stereocenters. The molecule has 0 bridgehead atoms. The molecule has 0 N–H and O–H groups in total. The molecule has 2 heteroatoms. The van der Waals surface area contributed by atoms with E-state index >= 15 is 0 Å². The third kappa shape index (κ3) is 4.64. The molecule has 0 spiro atoms. The molecule has 0 amide bonds. The van der Waals surface area contributed by atoms with Crippen molar-refractivity contribution in [1.82, 2.24) is 0 Å². The van der Waals surface area contributed by atoms with E-state index in [9.17, 15) is 0 Å². The SMILES string of the molecule is CC[N+](C)(C)CCc1ccccc1.[Cl-]. The van der Waals surface area contributed by atoms with Crippen molar-refractivity contribution in [3.05, 3.63) is 35.9 Å². The van der Waals surface area contributed by atoms with Gasteiger partial charge in [0.1, 0.15) is 0 Å². The van der Waals surface area contributed by atoms with Crippen LogP contribution in [0.3, 0.4) is 0 Å². The normalized spacial score (nSPS) is 10.8. The van der Waals surface area contributed by atoms with Crippen molar-refractivity contribution < 1.29 is 16.9 Å². The second-order valence-corrected chi connectivity index (χ2v) is 4.21. The van der Waals surface area contributed by atoms with Gasteiger partial charge in [0.25, 0.3) is 0 Å². The maximum atomic E-state index is 2.28. The molecule has 1 aromatic carbocycles. The number of benzene rings is 1. The van der Waals surface area contributed by atoms with Crippen molar-refractivity contribution in [2.24, 2.45) is 0 Å². The average Bonchev–Trinajstić information content (AvgIpc) is 2.17. The molecule has 1 rings (SSSR count). The summed E-state index contributed by atoms with van der Waals surface area (Å²) in [5.74, 6) is 0. The number of halogens is 1. The summed E-state index contributed by atoms with van der Waals surface area (Å²) in [4.78, 5) is 0. The van der Waals surface area contributed by atoms with Crippen molar-refractivity contribution in [2.45, 2.75) is 13.3 Å². The molecule has 0 fully saturated rings. The Labute approximate surface area is 93.7 Å². The fraction of sp³-hybridized carbons (Fsp3) is 0.500. The molecule has 0 aromatic heterocycles. The van der Waals surface area contributed by atoms with Crippen LogP contribution in [0, 0.1) is 0 Å². The molecule has 14 heavy (non-hydrogen) atoms. The lowest BCUT2D eigenvalue weighted by atomic mass is 10.1. The fourth-order valence-electron chi connectivity index (χ4n) is 1.23. The van der Waals surface area contributed by atoms with E-state index in [0.29, 0.717) is 0 Å². The summed E-state index contributed by atoms with van der Waals surface area (Å²) in [6.07, 6.45) is 1.18. The van der Waals surface area contributed by atoms with E-state index in [0.717, 1.165) is 4.48 Å². The molecule has 0 aliphatic carbocycles. The Morgan fingerprint density at radius 1 is 1.07 bits per heavy atom. The summed E-state index contributed by atoms with van der Waals surface area (Å²) in [6, 6.07) is 10.7. The van der Waals surface area contributed by atoms with E-state index in [1.165, 1.54) is 25.1 Å². The highest BCUT2D eigenvalue weighted by atomic mass is 35.5. The number of likely N-dealkylation sites (N-methyl/N-ethyl adjacent to an activating group) is 1. The maximum absolute atomic E-state index is 2.28. The minimum atomic E-state index is 0. The largest absolute Gasteiger partial charge is 1.00 e. The van der Waals surface area contributed by atoms with Crippen LogP contribution in [0.2, 0.25) is 0 Å². The zero-order valence-electron chi connectivity index (χ0n) is 9.33. The summed E-state index contributed by atoms with van der Waals surface area (Å²) < 4.78 is 1.11. The number of quaternary nitrogens is 1. The predicted octanol–water partition coefficient (Wildman–Crippen LogP) is -0.671. The Bertz CT molecular complexity index is 244. The van der Waals surface area contributed by atoms with Crippen molar-refractivity contribution in [1.29, 1.82) is 0 Å². The van der Waals surface area contributed by atoms with Gasteiger partial charge in [0.2, 0.25) is 0 Å². The van der Waals surface area contributed by atoms with Gasteiger partial charge in [-0.25, -0.2) is 0 Å². The van der Waals surface area contributed by atoms with Crippen molar-refractivity contribution in [2.75, 3.05) is 27.2 Å². The molecule has 80 valence electrons. The van der Waals surface area contributed by atoms with Crippen LogP contribution in [0.25, 0.3) is 0 Å². The van der Waals surface area contributed by atoms with Crippen molar-refractivity contribution in [3.63, 3.8) is 0 Å². The van der Waals surface area contributed by atoms with Crippen LogP contribution in [0.1, 0.15) is 12.5 Å². The molecule has 0 heterocycles. The third-order valence-corrected chi connectivity index (χ3v) is 2.70. The lowest BCUT2D eigenvalue weighted by Crippen LogP contribution is -3.00. The Morgan fingerprint density at radius 2 is 1.64 bits per heavy atom. The first-order valence-corrected chi connectivity index (χ1v) is 5.00. The standard InChI is InChI=1S/C12H20N.ClH/c1-4-13(2,3)11-10-12-8-6-5-7-9-12;/h5-9H,4,10-11H2,1-3H3;1H/q+1;/p-1. The van der Waals surface area contributed by atoms with Gasteiger partial charge in [-0.1, -0.05) is 30.3 Å². The van der Waals surface area contributed by atoms with Gasteiger partial charge < -0.3 is 16.9 Å². The topological polar surface area (TPSA) is 0 Å². The summed E-state index contributed by atoms with van der Waals surface area (Å²) in [6.45, 7) is 4.67. The van der Waals surface area contributed by atoms with Crippen LogP contribution < -0.4 is 12.4 Å². The molecule has 0 radical (unpaired) electrons. The van der Waals surface area contributed by atoms with Gasteiger partial charge in [-0.2, -0.15) is 0 Å². The fourth-order valence-corrected chi connectivity index (χ4v) is 1.23. The van der Waals surface area contributed by atoms with Crippen LogP contribution in [0.4, 0.5) is 0 Å². The highest BCUT2D eigenvalue weighted by Crippen LogP contribution is 2.03. The quantitative estimate of drug-likeness (QED) is 0.583. The highest BCUT2D eigenvalue weighted by molar-refractivity contribution is 5.14. The lowest BCUT2D eigenvalue weighted by molar-refractivity contribution is -0.888. The predicted molar refractivity (Wildman–Crippen MR) is 57.7 cm³/mol. The molecule has 0 saturated heterocycles. The Morgan fingerprint density at radius 3 is 2.14 bits per heavy atom. The summed E-state index contributed by atoms with van der Waals surface area (Å²) in [5, 5.41) is 0. The van der Waals surface area contributed by atoms with E-state index in [1.54, 1.807) is 0 Å². The minimum Gasteiger partial charge on any atom is -1.00 e. The van der Waals surface area contributed by atoms with Crippen LogP contribution in [0.5, 0.6) is 0 Å². The summed E-state index contributed by atoms with van der Waals surface area (Å²) >= 11 is 0. The molecule has 1 nitrogen and oxygen atoms in total. The average molecular weight is 214 g/mol. The lowest BCUT2D eigenvalue weighted by Gasteiger charge is -2.28. The first kappa shape index (κ1) is 13.5. The van der Waals surface area contributed by atoms with Crippen molar-refractivity contribution in [3.8, 4) is 0 Å². The van der Waals surface area contributed by atoms with E-state index in [4.69, 9.17) is 0 Å². The molecule has 0 aliphatic rings. The summed E-state index contributed by atoms with van der Waals surface area (Å²) in [5.41, 5.74) is 1.45. The van der Waals surface area contributed by atoms with E-state index in [1.807, 2.05) is 0 Å². The molecule has 0 aliphatic heterocycles. The first-order chi connectivity index (χ1) is 6.14. The minimum absolute atomic E-state index is 0. The van der Waals surface area contributed by atoms with E-state index in [2.05, 4.69) is 51.4 Å². The van der Waals surface area contributed by atoms with Gasteiger partial charge in [0.15, 0.2) is 0 Å². The first-order valence-electron chi connectivity index (χ1n) is 5.00. The van der Waals surface area contributed by atoms with Crippen molar-refractivity contribution >= 4 is 0 Å². The van der Waals surface area contributed by atoms with Crippen LogP contribution in [0.15, 0.2) is 30.3 Å². The zero-order valence-corrected chi connectivity index (χ0v) is 10.1. The monoisotopic (exact) mass is 213 g/mol. The number of hydrogen-bond donors (Lipinski definition) is 0. The third-order valence-electron chi connectivity index (χ3n) is 2.70. The van der Waals surface area contributed by atoms with Crippen LogP contribution >= 0.6 is 0 Å². The van der Waals surface area contributed by atoms with Gasteiger partial charge in [-0.05, 0) is 12.5 Å². The van der Waals surface area contributed by atoms with Gasteiger partial charge in [-0.15, -0.1) is 0 Å².